The zero-order chi connectivity index (χ0) is 10.8. The van der Waals surface area contributed by atoms with Crippen molar-refractivity contribution in [2.45, 2.75) is 26.4 Å². The lowest BCUT2D eigenvalue weighted by Gasteiger charge is -2.18. The molecule has 0 bridgehead atoms. The van der Waals surface area contributed by atoms with Crippen LogP contribution in [-0.4, -0.2) is 21.1 Å². The molecule has 0 unspecified atom stereocenters. The molecule has 1 amide bonds. The van der Waals surface area contributed by atoms with Crippen molar-refractivity contribution in [3.05, 3.63) is 0 Å². The van der Waals surface area contributed by atoms with E-state index in [4.69, 9.17) is 10.5 Å². The Morgan fingerprint density at radius 1 is 1.57 bits per heavy atom. The SMILES string of the molecule is CC(C)(C)OC(=O)Nc1nc(N)ns1. The first-order valence-electron chi connectivity index (χ1n) is 3.96. The molecule has 0 aliphatic rings. The topological polar surface area (TPSA) is 90.1 Å². The number of rotatable bonds is 1. The second-order valence-electron chi connectivity index (χ2n) is 3.58. The summed E-state index contributed by atoms with van der Waals surface area (Å²) < 4.78 is 8.70. The molecule has 0 saturated heterocycles. The van der Waals surface area contributed by atoms with Gasteiger partial charge in [0.15, 0.2) is 0 Å². The fraction of sp³-hybridized carbons (Fsp3) is 0.571. The van der Waals surface area contributed by atoms with Crippen molar-refractivity contribution in [1.82, 2.24) is 9.36 Å². The van der Waals surface area contributed by atoms with Crippen molar-refractivity contribution >= 4 is 28.7 Å². The molecule has 1 heterocycles. The van der Waals surface area contributed by atoms with E-state index in [2.05, 4.69) is 14.7 Å². The van der Waals surface area contributed by atoms with Crippen LogP contribution in [0.4, 0.5) is 15.9 Å². The van der Waals surface area contributed by atoms with Crippen LogP contribution in [0.15, 0.2) is 0 Å². The van der Waals surface area contributed by atoms with Crippen LogP contribution >= 0.6 is 11.5 Å². The molecule has 3 N–H and O–H groups in total. The molecule has 0 saturated carbocycles. The van der Waals surface area contributed by atoms with E-state index in [0.717, 1.165) is 11.5 Å². The maximum absolute atomic E-state index is 11.2. The fourth-order valence-electron chi connectivity index (χ4n) is 0.677. The Bertz CT molecular complexity index is 331. The minimum absolute atomic E-state index is 0.140. The standard InChI is InChI=1S/C7H12N4O2S/c1-7(2,3)13-6(12)10-5-9-4(8)11-14-5/h1-3H3,(H3,8,9,10,11,12). The van der Waals surface area contributed by atoms with E-state index in [0.29, 0.717) is 5.13 Å². The molecule has 0 spiro atoms. The van der Waals surface area contributed by atoms with Gasteiger partial charge >= 0.3 is 6.09 Å². The number of carbonyl (C=O) groups is 1. The molecule has 1 rings (SSSR count). The van der Waals surface area contributed by atoms with Crippen molar-refractivity contribution in [2.24, 2.45) is 0 Å². The number of nitrogens with two attached hydrogens (primary N) is 1. The third-order valence-electron chi connectivity index (χ3n) is 1.05. The Labute approximate surface area is 85.6 Å². The molecule has 1 aromatic rings. The Morgan fingerprint density at radius 2 is 2.21 bits per heavy atom. The third-order valence-corrected chi connectivity index (χ3v) is 1.69. The number of nitrogen functional groups attached to an aromatic ring is 1. The largest absolute Gasteiger partial charge is 0.444 e. The molecule has 0 aliphatic carbocycles. The molecule has 0 aromatic carbocycles. The Kier molecular flexibility index (Phi) is 2.90. The number of ether oxygens (including phenoxy) is 1. The Morgan fingerprint density at radius 3 is 2.64 bits per heavy atom. The first kappa shape index (κ1) is 10.7. The minimum atomic E-state index is -0.561. The predicted octanol–water partition coefficient (Wildman–Crippen LogP) is 1.47. The first-order chi connectivity index (χ1) is 6.37. The summed E-state index contributed by atoms with van der Waals surface area (Å²) in [5.41, 5.74) is 4.75. The normalized spacial score (nSPS) is 11.1. The van der Waals surface area contributed by atoms with Gasteiger partial charge in [0, 0.05) is 11.5 Å². The number of amides is 1. The highest BCUT2D eigenvalue weighted by Crippen LogP contribution is 2.14. The number of nitrogens with zero attached hydrogens (tertiary/aromatic N) is 2. The van der Waals surface area contributed by atoms with Gasteiger partial charge < -0.3 is 10.5 Å². The average Bonchev–Trinajstić information content (AvgIpc) is 2.30. The number of carbonyl (C=O) groups excluding carboxylic acids is 1. The number of aromatic nitrogens is 2. The molecule has 7 heteroatoms. The molecule has 14 heavy (non-hydrogen) atoms. The summed E-state index contributed by atoms with van der Waals surface area (Å²) in [6.07, 6.45) is -0.561. The monoisotopic (exact) mass is 216 g/mol. The van der Waals surface area contributed by atoms with Gasteiger partial charge in [-0.15, -0.1) is 0 Å². The summed E-state index contributed by atoms with van der Waals surface area (Å²) in [4.78, 5) is 15.0. The van der Waals surface area contributed by atoms with Crippen LogP contribution in [0.3, 0.4) is 0 Å². The van der Waals surface area contributed by atoms with Crippen LogP contribution in [0.25, 0.3) is 0 Å². The molecular weight excluding hydrogens is 204 g/mol. The van der Waals surface area contributed by atoms with Crippen LogP contribution in [0.2, 0.25) is 0 Å². The molecule has 0 aliphatic heterocycles. The maximum atomic E-state index is 11.2. The van der Waals surface area contributed by atoms with Gasteiger partial charge in [-0.25, -0.2) is 4.79 Å². The predicted molar refractivity (Wildman–Crippen MR) is 54.2 cm³/mol. The molecule has 0 fully saturated rings. The lowest BCUT2D eigenvalue weighted by molar-refractivity contribution is 0.0636. The Hall–Kier alpha value is -1.37. The fourth-order valence-corrected chi connectivity index (χ4v) is 1.16. The van der Waals surface area contributed by atoms with E-state index in [1.807, 2.05) is 0 Å². The molecule has 0 radical (unpaired) electrons. The second kappa shape index (κ2) is 3.79. The van der Waals surface area contributed by atoms with Crippen molar-refractivity contribution in [1.29, 1.82) is 0 Å². The highest BCUT2D eigenvalue weighted by Gasteiger charge is 2.17. The summed E-state index contributed by atoms with van der Waals surface area (Å²) in [6.45, 7) is 5.34. The van der Waals surface area contributed by atoms with Crippen molar-refractivity contribution in [3.63, 3.8) is 0 Å². The van der Waals surface area contributed by atoms with Crippen LogP contribution in [0, 0.1) is 0 Å². The quantitative estimate of drug-likeness (QED) is 0.741. The summed E-state index contributed by atoms with van der Waals surface area (Å²) in [7, 11) is 0. The number of hydrogen-bond acceptors (Lipinski definition) is 6. The van der Waals surface area contributed by atoms with Crippen molar-refractivity contribution in [3.8, 4) is 0 Å². The van der Waals surface area contributed by atoms with Crippen molar-refractivity contribution < 1.29 is 9.53 Å². The van der Waals surface area contributed by atoms with E-state index < -0.39 is 11.7 Å². The van der Waals surface area contributed by atoms with Gasteiger partial charge in [0.05, 0.1) is 0 Å². The van der Waals surface area contributed by atoms with Crippen LogP contribution in [0.1, 0.15) is 20.8 Å². The van der Waals surface area contributed by atoms with Gasteiger partial charge in [0.25, 0.3) is 0 Å². The summed E-state index contributed by atoms with van der Waals surface area (Å²) in [6, 6.07) is 0. The van der Waals surface area contributed by atoms with E-state index in [1.54, 1.807) is 20.8 Å². The van der Waals surface area contributed by atoms with E-state index in [1.165, 1.54) is 0 Å². The van der Waals surface area contributed by atoms with E-state index in [-0.39, 0.29) is 5.95 Å². The number of hydrogen-bond donors (Lipinski definition) is 2. The summed E-state index contributed by atoms with van der Waals surface area (Å²) >= 11 is 1.01. The summed E-state index contributed by atoms with van der Waals surface area (Å²) in [5.74, 6) is 0.140. The van der Waals surface area contributed by atoms with Crippen LogP contribution in [-0.2, 0) is 4.74 Å². The second-order valence-corrected chi connectivity index (χ2v) is 4.34. The average molecular weight is 216 g/mol. The van der Waals surface area contributed by atoms with Gasteiger partial charge in [-0.1, -0.05) is 0 Å². The van der Waals surface area contributed by atoms with Crippen LogP contribution in [0.5, 0.6) is 0 Å². The zero-order valence-electron chi connectivity index (χ0n) is 8.20. The minimum Gasteiger partial charge on any atom is -0.444 e. The number of nitrogens with one attached hydrogen (secondary N) is 1. The van der Waals surface area contributed by atoms with Crippen LogP contribution < -0.4 is 11.1 Å². The molecule has 6 nitrogen and oxygen atoms in total. The van der Waals surface area contributed by atoms with Gasteiger partial charge in [-0.05, 0) is 20.8 Å². The molecule has 0 atom stereocenters. The van der Waals surface area contributed by atoms with Gasteiger partial charge in [-0.3, -0.25) is 5.32 Å². The van der Waals surface area contributed by atoms with E-state index in [9.17, 15) is 4.79 Å². The Balaban J connectivity index is 2.50. The smallest absolute Gasteiger partial charge is 0.414 e. The van der Waals surface area contributed by atoms with E-state index >= 15 is 0 Å². The van der Waals surface area contributed by atoms with Gasteiger partial charge in [0.2, 0.25) is 11.1 Å². The highest BCUT2D eigenvalue weighted by molar-refractivity contribution is 7.10. The molecule has 1 aromatic heterocycles. The highest BCUT2D eigenvalue weighted by atomic mass is 32.1. The zero-order valence-corrected chi connectivity index (χ0v) is 9.01. The maximum Gasteiger partial charge on any atom is 0.414 e. The van der Waals surface area contributed by atoms with Gasteiger partial charge in [0.1, 0.15) is 5.60 Å². The third kappa shape index (κ3) is 3.56. The molecular formula is C7H12N4O2S. The number of anilines is 2. The van der Waals surface area contributed by atoms with Crippen molar-refractivity contribution in [2.75, 3.05) is 11.1 Å². The molecule has 78 valence electrons. The first-order valence-corrected chi connectivity index (χ1v) is 4.73. The summed E-state index contributed by atoms with van der Waals surface area (Å²) in [5, 5.41) is 2.75. The lowest BCUT2D eigenvalue weighted by Crippen LogP contribution is -2.27. The lowest BCUT2D eigenvalue weighted by atomic mass is 10.2. The van der Waals surface area contributed by atoms with Gasteiger partial charge in [-0.2, -0.15) is 9.36 Å².